The summed E-state index contributed by atoms with van der Waals surface area (Å²) >= 11 is 0. The Morgan fingerprint density at radius 3 is 2.77 bits per heavy atom. The number of rotatable bonds is 2. The van der Waals surface area contributed by atoms with Gasteiger partial charge in [-0.05, 0) is 0 Å². The molecule has 1 aromatic carbocycles. The Morgan fingerprint density at radius 2 is 2.23 bits per heavy atom. The van der Waals surface area contributed by atoms with Crippen molar-refractivity contribution in [1.29, 1.82) is 0 Å². The van der Waals surface area contributed by atoms with Gasteiger partial charge in [0.25, 0.3) is 5.69 Å². The molecule has 0 aliphatic heterocycles. The summed E-state index contributed by atoms with van der Waals surface area (Å²) in [6.07, 6.45) is 0. The molecule has 0 N–H and O–H groups in total. The molecular weight excluding hydrogens is 172 g/mol. The average Bonchev–Trinajstić information content (AvgIpc) is 2.17. The van der Waals surface area contributed by atoms with Gasteiger partial charge in [0.05, 0.1) is 11.5 Å². The topological polar surface area (TPSA) is 64.6 Å². The summed E-state index contributed by atoms with van der Waals surface area (Å²) in [6, 6.07) is 5.09. The second kappa shape index (κ2) is 3.45. The lowest BCUT2D eigenvalue weighted by Crippen LogP contribution is -1.94. The second-order valence-electron chi connectivity index (χ2n) is 2.22. The van der Waals surface area contributed by atoms with Crippen molar-refractivity contribution in [2.75, 3.05) is 0 Å². The van der Waals surface area contributed by atoms with Gasteiger partial charge in [-0.15, -0.1) is 0 Å². The largest absolute Gasteiger partial charge is 0.386 e. The Hall–Kier alpha value is -2.22. The predicted molar refractivity (Wildman–Crippen MR) is 44.0 cm³/mol. The first kappa shape index (κ1) is 8.87. The Balaban J connectivity index is 3.14. The minimum atomic E-state index is -0.788. The van der Waals surface area contributed by atoms with Gasteiger partial charge in [-0.3, -0.25) is 10.1 Å². The first-order valence-electron chi connectivity index (χ1n) is 3.31. The van der Waals surface area contributed by atoms with Gasteiger partial charge in [0.15, 0.2) is 0 Å². The number of nitro benzene ring substituents is 1. The van der Waals surface area contributed by atoms with Gasteiger partial charge in [0.2, 0.25) is 0 Å². The standard InChI is InChI=1S/C8H4N2O3/c1-9-8(11)6-3-2-4-7(5-6)10(12)13/h2-5H. The minimum absolute atomic E-state index is 0.0456. The van der Waals surface area contributed by atoms with E-state index in [-0.39, 0.29) is 11.3 Å². The highest BCUT2D eigenvalue weighted by Crippen LogP contribution is 2.13. The number of benzene rings is 1. The summed E-state index contributed by atoms with van der Waals surface area (Å²) < 4.78 is 0. The van der Waals surface area contributed by atoms with Gasteiger partial charge in [-0.2, -0.15) is 4.85 Å². The molecule has 0 unspecified atom stereocenters. The molecule has 0 spiro atoms. The first-order valence-corrected chi connectivity index (χ1v) is 3.31. The monoisotopic (exact) mass is 176 g/mol. The number of amides is 1. The Labute approximate surface area is 73.6 Å². The Morgan fingerprint density at radius 1 is 1.54 bits per heavy atom. The highest BCUT2D eigenvalue weighted by Gasteiger charge is 2.10. The third kappa shape index (κ3) is 1.87. The molecule has 0 saturated heterocycles. The molecule has 0 saturated carbocycles. The molecule has 0 fully saturated rings. The number of non-ortho nitro benzene ring substituents is 1. The summed E-state index contributed by atoms with van der Waals surface area (Å²) in [5.74, 6) is -0.788. The van der Waals surface area contributed by atoms with Crippen LogP contribution in [0.15, 0.2) is 24.3 Å². The zero-order valence-corrected chi connectivity index (χ0v) is 6.43. The maximum absolute atomic E-state index is 10.8. The van der Waals surface area contributed by atoms with Crippen LogP contribution < -0.4 is 0 Å². The number of carbonyl (C=O) groups is 1. The van der Waals surface area contributed by atoms with E-state index in [1.54, 1.807) is 0 Å². The van der Waals surface area contributed by atoms with Crippen LogP contribution in [0.3, 0.4) is 0 Å². The van der Waals surface area contributed by atoms with Crippen LogP contribution in [0.4, 0.5) is 5.69 Å². The van der Waals surface area contributed by atoms with Crippen LogP contribution in [-0.4, -0.2) is 10.8 Å². The van der Waals surface area contributed by atoms with E-state index in [0.29, 0.717) is 0 Å². The van der Waals surface area contributed by atoms with Crippen molar-refractivity contribution in [2.45, 2.75) is 0 Å². The van der Waals surface area contributed by atoms with E-state index < -0.39 is 10.8 Å². The fraction of sp³-hybridized carbons (Fsp3) is 0. The van der Waals surface area contributed by atoms with Gasteiger partial charge < -0.3 is 4.79 Å². The molecule has 5 heteroatoms. The van der Waals surface area contributed by atoms with Crippen LogP contribution in [0.25, 0.3) is 4.85 Å². The summed E-state index contributed by atoms with van der Waals surface area (Å²) in [5.41, 5.74) is -0.140. The first-order chi connectivity index (χ1) is 6.15. The van der Waals surface area contributed by atoms with Crippen molar-refractivity contribution in [2.24, 2.45) is 0 Å². The fourth-order valence-electron chi connectivity index (χ4n) is 0.817. The van der Waals surface area contributed by atoms with Crippen LogP contribution in [0, 0.1) is 16.7 Å². The molecule has 1 aromatic rings. The van der Waals surface area contributed by atoms with Crippen molar-refractivity contribution >= 4 is 11.6 Å². The number of hydrogen-bond acceptors (Lipinski definition) is 3. The van der Waals surface area contributed by atoms with Gasteiger partial charge in [-0.1, -0.05) is 12.1 Å². The molecule has 0 bridgehead atoms. The summed E-state index contributed by atoms with van der Waals surface area (Å²) in [4.78, 5) is 23.1. The van der Waals surface area contributed by atoms with Crippen LogP contribution in [0.1, 0.15) is 10.4 Å². The van der Waals surface area contributed by atoms with Crippen LogP contribution >= 0.6 is 0 Å². The predicted octanol–water partition coefficient (Wildman–Crippen LogP) is 1.65. The lowest BCUT2D eigenvalue weighted by atomic mass is 10.2. The minimum Gasteiger partial charge on any atom is -0.311 e. The Bertz CT molecular complexity index is 406. The molecule has 0 aromatic heterocycles. The molecule has 13 heavy (non-hydrogen) atoms. The van der Waals surface area contributed by atoms with Crippen LogP contribution in [0.2, 0.25) is 0 Å². The fourth-order valence-corrected chi connectivity index (χ4v) is 0.817. The molecule has 1 amide bonds. The molecule has 0 radical (unpaired) electrons. The van der Waals surface area contributed by atoms with Crippen molar-refractivity contribution in [3.8, 4) is 0 Å². The van der Waals surface area contributed by atoms with Crippen LogP contribution in [-0.2, 0) is 0 Å². The maximum atomic E-state index is 10.8. The molecule has 0 heterocycles. The molecule has 1 rings (SSSR count). The molecule has 0 aliphatic carbocycles. The van der Waals surface area contributed by atoms with E-state index in [1.165, 1.54) is 18.2 Å². The number of nitrogens with zero attached hydrogens (tertiary/aromatic N) is 2. The number of nitro groups is 1. The van der Waals surface area contributed by atoms with Crippen LogP contribution in [0.5, 0.6) is 0 Å². The van der Waals surface area contributed by atoms with E-state index >= 15 is 0 Å². The SMILES string of the molecule is [C-]#[N+]C(=O)c1cccc([N+](=O)[O-])c1. The lowest BCUT2D eigenvalue weighted by molar-refractivity contribution is -0.384. The smallest absolute Gasteiger partial charge is 0.311 e. The zero-order valence-electron chi connectivity index (χ0n) is 6.43. The van der Waals surface area contributed by atoms with E-state index in [1.807, 2.05) is 0 Å². The molecule has 0 aliphatic rings. The van der Waals surface area contributed by atoms with E-state index in [4.69, 9.17) is 6.57 Å². The third-order valence-corrected chi connectivity index (χ3v) is 1.41. The highest BCUT2D eigenvalue weighted by molar-refractivity contribution is 6.01. The number of hydrogen-bond donors (Lipinski definition) is 0. The molecule has 5 nitrogen and oxygen atoms in total. The highest BCUT2D eigenvalue weighted by atomic mass is 16.6. The van der Waals surface area contributed by atoms with Crippen molar-refractivity contribution in [3.05, 3.63) is 51.4 Å². The second-order valence-corrected chi connectivity index (χ2v) is 2.22. The quantitative estimate of drug-likeness (QED) is 0.391. The normalized spacial score (nSPS) is 8.85. The summed E-state index contributed by atoms with van der Waals surface area (Å²) in [5, 5.41) is 10.3. The number of carbonyl (C=O) groups excluding carboxylic acids is 1. The summed E-state index contributed by atoms with van der Waals surface area (Å²) in [6.45, 7) is 6.43. The lowest BCUT2D eigenvalue weighted by Gasteiger charge is -1.92. The van der Waals surface area contributed by atoms with Gasteiger partial charge in [0.1, 0.15) is 0 Å². The summed E-state index contributed by atoms with van der Waals surface area (Å²) in [7, 11) is 0. The molecule has 64 valence electrons. The van der Waals surface area contributed by atoms with Gasteiger partial charge in [-0.25, -0.2) is 0 Å². The third-order valence-electron chi connectivity index (χ3n) is 1.41. The zero-order chi connectivity index (χ0) is 9.84. The van der Waals surface area contributed by atoms with Crippen molar-refractivity contribution < 1.29 is 9.72 Å². The molecular formula is C8H4N2O3. The van der Waals surface area contributed by atoms with Gasteiger partial charge >= 0.3 is 5.91 Å². The van der Waals surface area contributed by atoms with Crippen molar-refractivity contribution in [3.63, 3.8) is 0 Å². The van der Waals surface area contributed by atoms with Gasteiger partial charge in [0, 0.05) is 17.7 Å². The van der Waals surface area contributed by atoms with Crippen molar-refractivity contribution in [1.82, 2.24) is 0 Å². The molecule has 0 atom stereocenters. The van der Waals surface area contributed by atoms with E-state index in [2.05, 4.69) is 4.85 Å². The average molecular weight is 176 g/mol. The maximum Gasteiger partial charge on any atom is 0.386 e. The van der Waals surface area contributed by atoms with E-state index in [0.717, 1.165) is 6.07 Å². The van der Waals surface area contributed by atoms with E-state index in [9.17, 15) is 14.9 Å². The Kier molecular flexibility index (Phi) is 2.36.